The Morgan fingerprint density at radius 1 is 1.56 bits per heavy atom. The third-order valence-corrected chi connectivity index (χ3v) is 3.52. The van der Waals surface area contributed by atoms with E-state index in [9.17, 15) is 0 Å². The van der Waals surface area contributed by atoms with Crippen LogP contribution in [-0.4, -0.2) is 36.3 Å². The molecule has 0 amide bonds. The maximum Gasteiger partial charge on any atom is 0.150 e. The van der Waals surface area contributed by atoms with Gasteiger partial charge in [-0.3, -0.25) is 0 Å². The molecule has 1 saturated heterocycles. The van der Waals surface area contributed by atoms with Gasteiger partial charge in [-0.2, -0.15) is 0 Å². The van der Waals surface area contributed by atoms with Crippen molar-refractivity contribution in [2.75, 3.05) is 25.1 Å². The van der Waals surface area contributed by atoms with Gasteiger partial charge in [0.25, 0.3) is 0 Å². The third kappa shape index (κ3) is 3.56. The lowest BCUT2D eigenvalue weighted by atomic mass is 10.1. The van der Waals surface area contributed by atoms with Gasteiger partial charge in [0.2, 0.25) is 0 Å². The number of hydrogen-bond donors (Lipinski definition) is 0. The Labute approximate surface area is 113 Å². The second kappa shape index (κ2) is 6.34. The molecule has 0 spiro atoms. The summed E-state index contributed by atoms with van der Waals surface area (Å²) >= 11 is 6.11. The van der Waals surface area contributed by atoms with Crippen molar-refractivity contribution in [1.82, 2.24) is 9.97 Å². The van der Waals surface area contributed by atoms with Crippen LogP contribution in [0.15, 0.2) is 6.20 Å². The van der Waals surface area contributed by atoms with Gasteiger partial charge in [0.05, 0.1) is 12.3 Å². The summed E-state index contributed by atoms with van der Waals surface area (Å²) < 4.78 is 5.61. The van der Waals surface area contributed by atoms with Crippen LogP contribution in [0.4, 0.5) is 5.82 Å². The summed E-state index contributed by atoms with van der Waals surface area (Å²) in [6, 6.07) is 0. The molecule has 1 aliphatic rings. The minimum absolute atomic E-state index is 0.459. The van der Waals surface area contributed by atoms with Crippen molar-refractivity contribution < 1.29 is 4.74 Å². The summed E-state index contributed by atoms with van der Waals surface area (Å²) in [7, 11) is 2.02. The molecule has 0 N–H and O–H groups in total. The largest absolute Gasteiger partial charge is 0.378 e. The van der Waals surface area contributed by atoms with E-state index in [1.54, 1.807) is 6.20 Å². The van der Waals surface area contributed by atoms with Gasteiger partial charge in [0.1, 0.15) is 10.8 Å². The van der Waals surface area contributed by atoms with Gasteiger partial charge in [-0.05, 0) is 32.6 Å². The molecule has 5 heteroatoms. The molecule has 18 heavy (non-hydrogen) atoms. The second-order valence-corrected chi connectivity index (χ2v) is 5.19. The summed E-state index contributed by atoms with van der Waals surface area (Å²) in [5.74, 6) is 1.57. The standard InChI is InChI=1S/C13H20ClN3O/c1-10-15-9-12(14)13(16-10)17(2)7-3-5-11-6-4-8-18-11/h9,11H,3-8H2,1-2H3. The Morgan fingerprint density at radius 2 is 2.39 bits per heavy atom. The van der Waals surface area contributed by atoms with Crippen molar-refractivity contribution in [3.63, 3.8) is 0 Å². The van der Waals surface area contributed by atoms with Gasteiger partial charge >= 0.3 is 0 Å². The van der Waals surface area contributed by atoms with Crippen LogP contribution in [-0.2, 0) is 4.74 Å². The lowest BCUT2D eigenvalue weighted by Crippen LogP contribution is -2.22. The Morgan fingerprint density at radius 3 is 3.11 bits per heavy atom. The number of aromatic nitrogens is 2. The molecule has 1 fully saturated rings. The van der Waals surface area contributed by atoms with Crippen molar-refractivity contribution in [2.24, 2.45) is 0 Å². The molecular formula is C13H20ClN3O. The molecule has 1 aromatic rings. The number of aryl methyl sites for hydroxylation is 1. The van der Waals surface area contributed by atoms with E-state index >= 15 is 0 Å². The van der Waals surface area contributed by atoms with Gasteiger partial charge in [-0.1, -0.05) is 11.6 Å². The van der Waals surface area contributed by atoms with Crippen LogP contribution >= 0.6 is 11.6 Å². The highest BCUT2D eigenvalue weighted by Gasteiger charge is 2.15. The first-order chi connectivity index (χ1) is 8.66. The molecular weight excluding hydrogens is 250 g/mol. The predicted octanol–water partition coefficient (Wildman–Crippen LogP) is 2.83. The first-order valence-electron chi connectivity index (χ1n) is 6.48. The SMILES string of the molecule is Cc1ncc(Cl)c(N(C)CCCC2CCCO2)n1. The van der Waals surface area contributed by atoms with Crippen molar-refractivity contribution >= 4 is 17.4 Å². The molecule has 0 aliphatic carbocycles. The average Bonchev–Trinajstić information content (AvgIpc) is 2.85. The number of anilines is 1. The zero-order valence-corrected chi connectivity index (χ0v) is 11.8. The van der Waals surface area contributed by atoms with Crippen molar-refractivity contribution in [3.05, 3.63) is 17.0 Å². The zero-order chi connectivity index (χ0) is 13.0. The van der Waals surface area contributed by atoms with Gasteiger partial charge in [-0.25, -0.2) is 9.97 Å². The van der Waals surface area contributed by atoms with Gasteiger partial charge in [0.15, 0.2) is 5.82 Å². The van der Waals surface area contributed by atoms with Crippen molar-refractivity contribution in [3.8, 4) is 0 Å². The second-order valence-electron chi connectivity index (χ2n) is 4.79. The molecule has 100 valence electrons. The average molecular weight is 270 g/mol. The Hall–Kier alpha value is -0.870. The van der Waals surface area contributed by atoms with E-state index in [2.05, 4.69) is 14.9 Å². The number of rotatable bonds is 5. The van der Waals surface area contributed by atoms with E-state index in [4.69, 9.17) is 16.3 Å². The molecule has 0 aromatic carbocycles. The van der Waals surface area contributed by atoms with Crippen LogP contribution in [0.25, 0.3) is 0 Å². The van der Waals surface area contributed by atoms with Crippen molar-refractivity contribution in [1.29, 1.82) is 0 Å². The minimum atomic E-state index is 0.459. The number of ether oxygens (including phenoxy) is 1. The summed E-state index contributed by atoms with van der Waals surface area (Å²) in [6.45, 7) is 3.74. The highest BCUT2D eigenvalue weighted by Crippen LogP contribution is 2.22. The Kier molecular flexibility index (Phi) is 4.78. The summed E-state index contributed by atoms with van der Waals surface area (Å²) in [6.07, 6.45) is 6.75. The lowest BCUT2D eigenvalue weighted by Gasteiger charge is -2.20. The molecule has 2 heterocycles. The van der Waals surface area contributed by atoms with Gasteiger partial charge < -0.3 is 9.64 Å². The first kappa shape index (κ1) is 13.6. The number of hydrogen-bond acceptors (Lipinski definition) is 4. The van der Waals surface area contributed by atoms with Crippen LogP contribution in [0.5, 0.6) is 0 Å². The van der Waals surface area contributed by atoms with Crippen molar-refractivity contribution in [2.45, 2.75) is 38.7 Å². The molecule has 0 saturated carbocycles. The zero-order valence-electron chi connectivity index (χ0n) is 11.0. The molecule has 1 unspecified atom stereocenters. The molecule has 0 bridgehead atoms. The lowest BCUT2D eigenvalue weighted by molar-refractivity contribution is 0.103. The molecule has 4 nitrogen and oxygen atoms in total. The smallest absolute Gasteiger partial charge is 0.150 e. The highest BCUT2D eigenvalue weighted by molar-refractivity contribution is 6.32. The number of nitrogens with zero attached hydrogens (tertiary/aromatic N) is 3. The Bertz CT molecular complexity index is 394. The highest BCUT2D eigenvalue weighted by atomic mass is 35.5. The van der Waals surface area contributed by atoms with Crippen LogP contribution in [0.1, 0.15) is 31.5 Å². The minimum Gasteiger partial charge on any atom is -0.378 e. The monoisotopic (exact) mass is 269 g/mol. The van der Waals surface area contributed by atoms with E-state index < -0.39 is 0 Å². The third-order valence-electron chi connectivity index (χ3n) is 3.25. The molecule has 1 aromatic heterocycles. The summed E-state index contributed by atoms with van der Waals surface area (Å²) in [5.41, 5.74) is 0. The molecule has 0 radical (unpaired) electrons. The summed E-state index contributed by atoms with van der Waals surface area (Å²) in [5, 5.41) is 0.611. The molecule has 2 rings (SSSR count). The van der Waals surface area contributed by atoms with E-state index in [1.165, 1.54) is 12.8 Å². The van der Waals surface area contributed by atoms with Crippen LogP contribution in [0.3, 0.4) is 0 Å². The molecule has 1 aliphatic heterocycles. The van der Waals surface area contributed by atoms with Gasteiger partial charge in [-0.15, -0.1) is 0 Å². The molecule has 1 atom stereocenters. The maximum atomic E-state index is 6.11. The fraction of sp³-hybridized carbons (Fsp3) is 0.692. The van der Waals surface area contributed by atoms with Crippen LogP contribution in [0, 0.1) is 6.92 Å². The Balaban J connectivity index is 1.83. The van der Waals surface area contributed by atoms with Gasteiger partial charge in [0, 0.05) is 20.2 Å². The topological polar surface area (TPSA) is 38.2 Å². The van der Waals surface area contributed by atoms with E-state index in [-0.39, 0.29) is 0 Å². The van der Waals surface area contributed by atoms with E-state index in [0.29, 0.717) is 11.1 Å². The maximum absolute atomic E-state index is 6.11. The van der Waals surface area contributed by atoms with Crippen LogP contribution < -0.4 is 4.90 Å². The fourth-order valence-electron chi connectivity index (χ4n) is 2.25. The predicted molar refractivity (Wildman–Crippen MR) is 73.3 cm³/mol. The van der Waals surface area contributed by atoms with E-state index in [1.807, 2.05) is 14.0 Å². The number of halogens is 1. The quantitative estimate of drug-likeness (QED) is 0.824. The normalized spacial score (nSPS) is 19.2. The van der Waals surface area contributed by atoms with E-state index in [0.717, 1.165) is 37.6 Å². The fourth-order valence-corrected chi connectivity index (χ4v) is 2.48. The first-order valence-corrected chi connectivity index (χ1v) is 6.86. The van der Waals surface area contributed by atoms with Crippen LogP contribution in [0.2, 0.25) is 5.02 Å². The summed E-state index contributed by atoms with van der Waals surface area (Å²) in [4.78, 5) is 10.5.